The molecule has 2 aliphatic heterocycles. The quantitative estimate of drug-likeness (QED) is 0.747. The van der Waals surface area contributed by atoms with Gasteiger partial charge in [-0.2, -0.15) is 4.98 Å². The van der Waals surface area contributed by atoms with Crippen molar-refractivity contribution >= 4 is 17.4 Å². The molecule has 0 N–H and O–H groups in total. The number of pyridine rings is 1. The van der Waals surface area contributed by atoms with E-state index in [1.165, 1.54) is 5.57 Å². The molecule has 2 saturated heterocycles. The van der Waals surface area contributed by atoms with Gasteiger partial charge in [0.05, 0.1) is 19.4 Å². The molecule has 3 aliphatic rings. The topological polar surface area (TPSA) is 80.7 Å². The van der Waals surface area contributed by atoms with Crippen LogP contribution in [0, 0.1) is 6.92 Å². The number of aryl methyl sites for hydroxylation is 1. The molecule has 2 fully saturated rings. The lowest BCUT2D eigenvalue weighted by Gasteiger charge is -2.46. The molecular formula is C23H27N5O3. The van der Waals surface area contributed by atoms with Gasteiger partial charge < -0.3 is 19.3 Å². The second kappa shape index (κ2) is 7.92. The van der Waals surface area contributed by atoms with Gasteiger partial charge in [0.25, 0.3) is 5.91 Å². The Balaban J connectivity index is 1.28. The first-order valence-electron chi connectivity index (χ1n) is 10.8. The molecule has 8 nitrogen and oxygen atoms in total. The lowest BCUT2D eigenvalue weighted by Crippen LogP contribution is -2.61. The monoisotopic (exact) mass is 421 g/mol. The molecule has 31 heavy (non-hydrogen) atoms. The fraction of sp³-hybridized carbons (Fsp3) is 0.478. The van der Waals surface area contributed by atoms with Crippen LogP contribution in [0.5, 0.6) is 5.88 Å². The molecule has 0 unspecified atom stereocenters. The average molecular weight is 422 g/mol. The first-order valence-corrected chi connectivity index (χ1v) is 10.8. The van der Waals surface area contributed by atoms with Crippen molar-refractivity contribution in [1.82, 2.24) is 19.9 Å². The molecular weight excluding hydrogens is 394 g/mol. The predicted molar refractivity (Wildman–Crippen MR) is 116 cm³/mol. The standard InChI is InChI=1S/C23H27N5O3/c1-16-14-20(30-2)26-22(25-16)27-10-7-23(8-11-27)21(29)28(12-13-31-23)15-17-5-6-19-18(17)4-3-9-24-19/h3-5,9,14H,6-8,10-13,15H2,1-2H3. The molecule has 0 radical (unpaired) electrons. The normalized spacial score (nSPS) is 20.1. The maximum atomic E-state index is 13.5. The summed E-state index contributed by atoms with van der Waals surface area (Å²) in [6.07, 6.45) is 6.10. The van der Waals surface area contributed by atoms with Gasteiger partial charge in [-0.15, -0.1) is 0 Å². The molecule has 0 bridgehead atoms. The molecule has 4 heterocycles. The second-order valence-corrected chi connectivity index (χ2v) is 8.34. The first-order chi connectivity index (χ1) is 15.1. The van der Waals surface area contributed by atoms with E-state index in [0.717, 1.165) is 23.4 Å². The number of allylic oxidation sites excluding steroid dienone is 1. The maximum Gasteiger partial charge on any atom is 0.255 e. The van der Waals surface area contributed by atoms with Crippen molar-refractivity contribution < 1.29 is 14.3 Å². The number of hydrogen-bond acceptors (Lipinski definition) is 7. The Labute approximate surface area is 181 Å². The maximum absolute atomic E-state index is 13.5. The van der Waals surface area contributed by atoms with Crippen LogP contribution in [0.4, 0.5) is 5.95 Å². The largest absolute Gasteiger partial charge is 0.481 e. The zero-order chi connectivity index (χ0) is 21.4. The summed E-state index contributed by atoms with van der Waals surface area (Å²) in [7, 11) is 1.61. The van der Waals surface area contributed by atoms with Gasteiger partial charge in [-0.1, -0.05) is 12.1 Å². The molecule has 8 heteroatoms. The summed E-state index contributed by atoms with van der Waals surface area (Å²) in [6, 6.07) is 5.86. The van der Waals surface area contributed by atoms with Gasteiger partial charge in [-0.05, 0) is 18.6 Å². The number of fused-ring (bicyclic) bond motifs is 1. The molecule has 1 aliphatic carbocycles. The number of ether oxygens (including phenoxy) is 2. The minimum absolute atomic E-state index is 0.0966. The highest BCUT2D eigenvalue weighted by molar-refractivity contribution is 5.88. The van der Waals surface area contributed by atoms with Crippen molar-refractivity contribution in [3.05, 3.63) is 47.4 Å². The predicted octanol–water partition coefficient (Wildman–Crippen LogP) is 2.03. The van der Waals surface area contributed by atoms with Crippen molar-refractivity contribution in [2.24, 2.45) is 0 Å². The average Bonchev–Trinajstić information content (AvgIpc) is 3.20. The van der Waals surface area contributed by atoms with Crippen LogP contribution in [0.15, 0.2) is 30.5 Å². The van der Waals surface area contributed by atoms with Crippen LogP contribution >= 0.6 is 0 Å². The highest BCUT2D eigenvalue weighted by Gasteiger charge is 2.47. The third-order valence-electron chi connectivity index (χ3n) is 6.44. The van der Waals surface area contributed by atoms with Crippen LogP contribution in [-0.4, -0.2) is 71.3 Å². The Kier molecular flexibility index (Phi) is 5.09. The van der Waals surface area contributed by atoms with E-state index in [1.807, 2.05) is 30.2 Å². The third-order valence-corrected chi connectivity index (χ3v) is 6.44. The van der Waals surface area contributed by atoms with E-state index >= 15 is 0 Å². The van der Waals surface area contributed by atoms with Gasteiger partial charge in [0, 0.05) is 69.0 Å². The molecule has 2 aromatic rings. The molecule has 1 amide bonds. The van der Waals surface area contributed by atoms with Crippen molar-refractivity contribution in [1.29, 1.82) is 0 Å². The smallest absolute Gasteiger partial charge is 0.255 e. The lowest BCUT2D eigenvalue weighted by atomic mass is 9.88. The highest BCUT2D eigenvalue weighted by atomic mass is 16.5. The van der Waals surface area contributed by atoms with E-state index in [0.29, 0.717) is 57.5 Å². The van der Waals surface area contributed by atoms with Crippen LogP contribution in [0.3, 0.4) is 0 Å². The summed E-state index contributed by atoms with van der Waals surface area (Å²) in [4.78, 5) is 31.0. The van der Waals surface area contributed by atoms with Gasteiger partial charge >= 0.3 is 0 Å². The number of carbonyl (C=O) groups excluding carboxylic acids is 1. The fourth-order valence-corrected chi connectivity index (χ4v) is 4.73. The Morgan fingerprint density at radius 1 is 1.23 bits per heavy atom. The van der Waals surface area contributed by atoms with E-state index in [2.05, 4.69) is 32.0 Å². The Bertz CT molecular complexity index is 1030. The molecule has 0 saturated carbocycles. The number of methoxy groups -OCH3 is 1. The molecule has 1 spiro atoms. The first kappa shape index (κ1) is 19.9. The summed E-state index contributed by atoms with van der Waals surface area (Å²) >= 11 is 0. The zero-order valence-electron chi connectivity index (χ0n) is 18.0. The minimum atomic E-state index is -0.750. The molecule has 2 aromatic heterocycles. The summed E-state index contributed by atoms with van der Waals surface area (Å²) in [5.41, 5.74) is 3.55. The number of carbonyl (C=O) groups is 1. The Morgan fingerprint density at radius 2 is 2.06 bits per heavy atom. The summed E-state index contributed by atoms with van der Waals surface area (Å²) in [6.45, 7) is 5.06. The van der Waals surface area contributed by atoms with Crippen LogP contribution < -0.4 is 9.64 Å². The van der Waals surface area contributed by atoms with Gasteiger partial charge in [-0.3, -0.25) is 9.78 Å². The number of amides is 1. The van der Waals surface area contributed by atoms with Gasteiger partial charge in [-0.25, -0.2) is 4.98 Å². The van der Waals surface area contributed by atoms with E-state index in [4.69, 9.17) is 9.47 Å². The summed E-state index contributed by atoms with van der Waals surface area (Å²) in [5, 5.41) is 0. The second-order valence-electron chi connectivity index (χ2n) is 8.34. The fourth-order valence-electron chi connectivity index (χ4n) is 4.73. The molecule has 0 atom stereocenters. The van der Waals surface area contributed by atoms with Crippen LogP contribution in [0.1, 0.15) is 29.8 Å². The minimum Gasteiger partial charge on any atom is -0.481 e. The van der Waals surface area contributed by atoms with Crippen molar-refractivity contribution in [3.63, 3.8) is 0 Å². The lowest BCUT2D eigenvalue weighted by molar-refractivity contribution is -0.174. The number of morpholine rings is 1. The van der Waals surface area contributed by atoms with Crippen molar-refractivity contribution in [2.45, 2.75) is 31.8 Å². The zero-order valence-corrected chi connectivity index (χ0v) is 18.0. The van der Waals surface area contributed by atoms with Gasteiger partial charge in [0.15, 0.2) is 0 Å². The number of anilines is 1. The summed E-state index contributed by atoms with van der Waals surface area (Å²) in [5.74, 6) is 1.30. The number of nitrogens with zero attached hydrogens (tertiary/aromatic N) is 5. The molecule has 5 rings (SSSR count). The number of aromatic nitrogens is 3. The van der Waals surface area contributed by atoms with Crippen LogP contribution in [0.25, 0.3) is 5.57 Å². The van der Waals surface area contributed by atoms with E-state index in [-0.39, 0.29) is 5.91 Å². The SMILES string of the molecule is COc1cc(C)nc(N2CCC3(CC2)OCCN(CC2=CCc4ncccc42)C3=O)n1. The summed E-state index contributed by atoms with van der Waals surface area (Å²) < 4.78 is 11.4. The van der Waals surface area contributed by atoms with Gasteiger partial charge in [0.2, 0.25) is 11.8 Å². The molecule has 0 aromatic carbocycles. The number of hydrogen-bond donors (Lipinski definition) is 0. The van der Waals surface area contributed by atoms with E-state index in [1.54, 1.807) is 7.11 Å². The Morgan fingerprint density at radius 3 is 2.87 bits per heavy atom. The number of rotatable bonds is 4. The van der Waals surface area contributed by atoms with E-state index < -0.39 is 5.60 Å². The highest BCUT2D eigenvalue weighted by Crippen LogP contribution is 2.34. The Hall–Kier alpha value is -3.00. The van der Waals surface area contributed by atoms with Crippen molar-refractivity contribution in [2.75, 3.05) is 44.8 Å². The van der Waals surface area contributed by atoms with Crippen LogP contribution in [0.2, 0.25) is 0 Å². The van der Waals surface area contributed by atoms with Gasteiger partial charge in [0.1, 0.15) is 5.60 Å². The van der Waals surface area contributed by atoms with Crippen LogP contribution in [-0.2, 0) is 16.0 Å². The van der Waals surface area contributed by atoms with Crippen molar-refractivity contribution in [3.8, 4) is 5.88 Å². The molecule has 162 valence electrons. The number of piperidine rings is 1. The van der Waals surface area contributed by atoms with E-state index in [9.17, 15) is 4.79 Å². The third kappa shape index (κ3) is 3.65.